The minimum absolute atomic E-state index is 0.423. The summed E-state index contributed by atoms with van der Waals surface area (Å²) < 4.78 is 39.7. The van der Waals surface area contributed by atoms with E-state index in [1.165, 1.54) is 19.3 Å². The van der Waals surface area contributed by atoms with E-state index >= 15 is 0 Å². The fourth-order valence-electron chi connectivity index (χ4n) is 5.08. The highest BCUT2D eigenvalue weighted by Gasteiger charge is 2.32. The summed E-state index contributed by atoms with van der Waals surface area (Å²) in [6.07, 6.45) is 5.95. The number of phosphoric acid groups is 1. The molecule has 2 fully saturated rings. The molecule has 3 aromatic rings. The molecule has 12 nitrogen and oxygen atoms in total. The van der Waals surface area contributed by atoms with E-state index in [4.69, 9.17) is 48.0 Å². The SMILES string of the molecule is CCOCc1cc(OC)c(-c2csc3c(N(CCC4CC4)C4CCOCC4)c(OC)nn23)c(OC)c1.O=P(O)(O)O. The van der Waals surface area contributed by atoms with Crippen molar-refractivity contribution in [2.45, 2.75) is 51.7 Å². The average Bonchev–Trinajstić information content (AvgIpc) is 3.59. The van der Waals surface area contributed by atoms with Crippen molar-refractivity contribution >= 4 is 29.7 Å². The Morgan fingerprint density at radius 1 is 1.07 bits per heavy atom. The second-order valence-corrected chi connectivity index (χ2v) is 11.9. The summed E-state index contributed by atoms with van der Waals surface area (Å²) in [5, 5.41) is 7.08. The van der Waals surface area contributed by atoms with E-state index in [1.54, 1.807) is 32.7 Å². The molecule has 228 valence electrons. The van der Waals surface area contributed by atoms with Gasteiger partial charge < -0.3 is 43.3 Å². The number of fused-ring (bicyclic) bond motifs is 1. The molecule has 14 heteroatoms. The van der Waals surface area contributed by atoms with Gasteiger partial charge >= 0.3 is 7.82 Å². The fourth-order valence-corrected chi connectivity index (χ4v) is 6.07. The van der Waals surface area contributed by atoms with Gasteiger partial charge in [-0.25, -0.2) is 9.08 Å². The lowest BCUT2D eigenvalue weighted by Crippen LogP contribution is -2.40. The van der Waals surface area contributed by atoms with Gasteiger partial charge in [0.1, 0.15) is 22.0 Å². The third-order valence-electron chi connectivity index (χ3n) is 7.18. The van der Waals surface area contributed by atoms with Crippen molar-refractivity contribution in [3.8, 4) is 28.6 Å². The number of ether oxygens (including phenoxy) is 5. The molecule has 3 heterocycles. The zero-order valence-corrected chi connectivity index (χ0v) is 25.7. The van der Waals surface area contributed by atoms with Crippen LogP contribution in [0.2, 0.25) is 0 Å². The third kappa shape index (κ3) is 8.13. The topological polar surface area (TPSA) is 144 Å². The van der Waals surface area contributed by atoms with Crippen LogP contribution in [0.15, 0.2) is 17.5 Å². The van der Waals surface area contributed by atoms with E-state index in [-0.39, 0.29) is 0 Å². The zero-order valence-electron chi connectivity index (χ0n) is 23.9. The first-order valence-corrected chi connectivity index (χ1v) is 16.1. The number of rotatable bonds is 12. The minimum atomic E-state index is -4.64. The van der Waals surface area contributed by atoms with Crippen molar-refractivity contribution in [2.24, 2.45) is 5.92 Å². The number of hydrogen-bond donors (Lipinski definition) is 3. The van der Waals surface area contributed by atoms with Gasteiger partial charge in [0.05, 0.1) is 39.2 Å². The predicted molar refractivity (Wildman–Crippen MR) is 156 cm³/mol. The summed E-state index contributed by atoms with van der Waals surface area (Å²) in [5.41, 5.74) is 3.89. The summed E-state index contributed by atoms with van der Waals surface area (Å²) in [4.78, 5) is 25.2. The van der Waals surface area contributed by atoms with Crippen LogP contribution in [-0.4, -0.2) is 78.0 Å². The van der Waals surface area contributed by atoms with Crippen LogP contribution in [0.1, 0.15) is 44.6 Å². The van der Waals surface area contributed by atoms with Crippen LogP contribution in [0.4, 0.5) is 5.69 Å². The lowest BCUT2D eigenvalue weighted by molar-refractivity contribution is 0.0842. The largest absolute Gasteiger partial charge is 0.496 e. The second-order valence-electron chi connectivity index (χ2n) is 9.99. The van der Waals surface area contributed by atoms with Crippen molar-refractivity contribution in [2.75, 3.05) is 52.6 Å². The fraction of sp³-hybridized carbons (Fsp3) is 0.593. The zero-order chi connectivity index (χ0) is 29.6. The molecule has 1 aliphatic carbocycles. The summed E-state index contributed by atoms with van der Waals surface area (Å²) in [6.45, 7) is 5.76. The van der Waals surface area contributed by atoms with Gasteiger partial charge in [0.25, 0.3) is 5.88 Å². The van der Waals surface area contributed by atoms with Gasteiger partial charge in [-0.1, -0.05) is 12.8 Å². The highest BCUT2D eigenvalue weighted by atomic mass is 32.1. The van der Waals surface area contributed by atoms with Crippen molar-refractivity contribution in [1.29, 1.82) is 0 Å². The third-order valence-corrected chi connectivity index (χ3v) is 8.11. The molecule has 0 atom stereocenters. The van der Waals surface area contributed by atoms with Crippen LogP contribution in [-0.2, 0) is 20.6 Å². The molecule has 1 saturated heterocycles. The lowest BCUT2D eigenvalue weighted by Gasteiger charge is -2.35. The Balaban J connectivity index is 0.000000714. The molecule has 0 spiro atoms. The van der Waals surface area contributed by atoms with Crippen molar-refractivity contribution in [1.82, 2.24) is 9.61 Å². The van der Waals surface area contributed by atoms with Crippen LogP contribution < -0.4 is 19.1 Å². The molecule has 41 heavy (non-hydrogen) atoms. The lowest BCUT2D eigenvalue weighted by atomic mass is 10.1. The first kappa shape index (κ1) is 31.6. The molecule has 3 N–H and O–H groups in total. The summed E-state index contributed by atoms with van der Waals surface area (Å²) >= 11 is 1.68. The molecule has 0 radical (unpaired) electrons. The molecule has 1 saturated carbocycles. The maximum absolute atomic E-state index is 8.88. The summed E-state index contributed by atoms with van der Waals surface area (Å²) in [5.74, 6) is 2.98. The normalized spacial score (nSPS) is 15.9. The Morgan fingerprint density at radius 3 is 2.24 bits per heavy atom. The van der Waals surface area contributed by atoms with Gasteiger partial charge in [0.15, 0.2) is 0 Å². The Bertz CT molecular complexity index is 1300. The first-order valence-electron chi connectivity index (χ1n) is 13.7. The standard InChI is InChI=1S/C27H37N3O5S.H3O4P/c1-5-34-16-19-14-22(31-2)24(23(15-19)32-3)21-17-36-27-25(26(33-4)28-30(21)27)29(11-8-18-6-7-18)20-9-12-35-13-10-20;1-5(2,3)4/h14-15,17-18,20H,5-13,16H2,1-4H3;(H3,1,2,3,4). The highest BCUT2D eigenvalue weighted by Crippen LogP contribution is 2.46. The van der Waals surface area contributed by atoms with Crippen LogP contribution in [0.5, 0.6) is 17.4 Å². The van der Waals surface area contributed by atoms with E-state index in [1.807, 2.05) is 23.6 Å². The first-order chi connectivity index (χ1) is 19.7. The molecule has 5 rings (SSSR count). The van der Waals surface area contributed by atoms with Crippen LogP contribution in [0, 0.1) is 5.92 Å². The predicted octanol–water partition coefficient (Wildman–Crippen LogP) is 4.48. The molecular weight excluding hydrogens is 573 g/mol. The van der Waals surface area contributed by atoms with E-state index in [0.29, 0.717) is 25.1 Å². The number of anilines is 1. The monoisotopic (exact) mass is 613 g/mol. The van der Waals surface area contributed by atoms with Gasteiger partial charge in [-0.05, 0) is 49.8 Å². The minimum Gasteiger partial charge on any atom is -0.496 e. The molecule has 0 bridgehead atoms. The number of aromatic nitrogens is 2. The number of thiazole rings is 1. The number of nitrogens with zero attached hydrogens (tertiary/aromatic N) is 3. The number of methoxy groups -OCH3 is 3. The van der Waals surface area contributed by atoms with Gasteiger partial charge in [-0.3, -0.25) is 0 Å². The van der Waals surface area contributed by atoms with Crippen LogP contribution >= 0.6 is 19.2 Å². The van der Waals surface area contributed by atoms with E-state index in [0.717, 1.165) is 77.4 Å². The average molecular weight is 614 g/mol. The van der Waals surface area contributed by atoms with Crippen LogP contribution in [0.25, 0.3) is 16.1 Å². The number of hydrogen-bond acceptors (Lipinski definition) is 9. The maximum atomic E-state index is 8.88. The van der Waals surface area contributed by atoms with Crippen molar-refractivity contribution in [3.05, 3.63) is 23.1 Å². The molecule has 0 unspecified atom stereocenters. The molecule has 1 aromatic carbocycles. The number of benzene rings is 1. The second kappa shape index (κ2) is 14.2. The summed E-state index contributed by atoms with van der Waals surface area (Å²) in [6, 6.07) is 4.46. The Kier molecular flexibility index (Phi) is 10.9. The molecule has 2 aromatic heterocycles. The molecule has 2 aliphatic rings. The van der Waals surface area contributed by atoms with E-state index in [2.05, 4.69) is 10.3 Å². The Hall–Kier alpha value is -2.38. The highest BCUT2D eigenvalue weighted by molar-refractivity contribution is 7.45. The van der Waals surface area contributed by atoms with Crippen LogP contribution in [0.3, 0.4) is 0 Å². The Labute approximate surface area is 244 Å². The molecule has 1 aliphatic heterocycles. The van der Waals surface area contributed by atoms with Gasteiger partial charge in [-0.15, -0.1) is 16.4 Å². The van der Waals surface area contributed by atoms with Crippen molar-refractivity contribution < 1.29 is 42.9 Å². The summed E-state index contributed by atoms with van der Waals surface area (Å²) in [7, 11) is 0.445. The van der Waals surface area contributed by atoms with Crippen molar-refractivity contribution in [3.63, 3.8) is 0 Å². The quantitative estimate of drug-likeness (QED) is 0.249. The van der Waals surface area contributed by atoms with Gasteiger partial charge in [-0.2, -0.15) is 0 Å². The Morgan fingerprint density at radius 2 is 1.71 bits per heavy atom. The maximum Gasteiger partial charge on any atom is 0.466 e. The smallest absolute Gasteiger partial charge is 0.466 e. The van der Waals surface area contributed by atoms with E-state index < -0.39 is 7.82 Å². The van der Waals surface area contributed by atoms with Gasteiger partial charge in [0.2, 0.25) is 0 Å². The molecule has 0 amide bonds. The van der Waals surface area contributed by atoms with E-state index in [9.17, 15) is 0 Å². The molecular formula is C27H40N3O9PS. The van der Waals surface area contributed by atoms with Gasteiger partial charge in [0, 0.05) is 37.8 Å².